The Morgan fingerprint density at radius 2 is 1.72 bits per heavy atom. The number of hydrogen-bond acceptors (Lipinski definition) is 4. The third-order valence-electron chi connectivity index (χ3n) is 5.62. The van der Waals surface area contributed by atoms with Crippen LogP contribution in [0.15, 0.2) is 35.5 Å². The summed E-state index contributed by atoms with van der Waals surface area (Å²) < 4.78 is 5.49. The number of nitrogens with zero attached hydrogens (tertiary/aromatic N) is 1. The summed E-state index contributed by atoms with van der Waals surface area (Å²) in [7, 11) is 0. The van der Waals surface area contributed by atoms with Gasteiger partial charge in [-0.15, -0.1) is 0 Å². The maximum absolute atomic E-state index is 12.9. The largest absolute Gasteiger partial charge is 0.459 e. The molecule has 6 nitrogen and oxygen atoms in total. The van der Waals surface area contributed by atoms with Gasteiger partial charge in [-0.25, -0.2) is 9.59 Å². The molecule has 1 atom stereocenters. The molecule has 2 heterocycles. The monoisotopic (exact) mass is 399 g/mol. The Morgan fingerprint density at radius 3 is 2.28 bits per heavy atom. The molecule has 1 aromatic carbocycles. The first kappa shape index (κ1) is 21.2. The molecule has 1 fully saturated rings. The van der Waals surface area contributed by atoms with E-state index in [4.69, 9.17) is 4.74 Å². The maximum Gasteiger partial charge on any atom is 0.338 e. The Labute approximate surface area is 173 Å². The van der Waals surface area contributed by atoms with Crippen molar-refractivity contribution in [1.29, 1.82) is 0 Å². The Hall–Kier alpha value is -2.50. The van der Waals surface area contributed by atoms with Gasteiger partial charge in [-0.05, 0) is 56.2 Å². The summed E-state index contributed by atoms with van der Waals surface area (Å²) in [6, 6.07) is 7.35. The average Bonchev–Trinajstić information content (AvgIpc) is 2.67. The summed E-state index contributed by atoms with van der Waals surface area (Å²) in [5.41, 5.74) is 3.16. The van der Waals surface area contributed by atoms with Crippen LogP contribution in [0.4, 0.5) is 10.5 Å². The highest BCUT2D eigenvalue weighted by Gasteiger charge is 2.35. The molecule has 0 aliphatic carbocycles. The van der Waals surface area contributed by atoms with E-state index in [2.05, 4.69) is 34.6 Å². The van der Waals surface area contributed by atoms with Crippen molar-refractivity contribution in [3.05, 3.63) is 41.1 Å². The van der Waals surface area contributed by atoms with Crippen molar-refractivity contribution in [2.75, 3.05) is 18.0 Å². The van der Waals surface area contributed by atoms with Crippen LogP contribution in [-0.4, -0.2) is 31.2 Å². The minimum atomic E-state index is -0.525. The molecule has 0 spiro atoms. The number of hydrogen-bond donors (Lipinski definition) is 2. The Morgan fingerprint density at radius 1 is 1.10 bits per heavy atom. The SMILES string of the molecule is CC1CCN(c2ccc(C3NC(=O)NC(C(C)C)=C3C(=O)OC(C)C)cc2)CC1. The van der Waals surface area contributed by atoms with Gasteiger partial charge >= 0.3 is 12.0 Å². The first-order valence-corrected chi connectivity index (χ1v) is 10.6. The van der Waals surface area contributed by atoms with E-state index in [9.17, 15) is 9.59 Å². The smallest absolute Gasteiger partial charge is 0.338 e. The molecule has 1 saturated heterocycles. The molecule has 0 saturated carbocycles. The molecule has 158 valence electrons. The van der Waals surface area contributed by atoms with Gasteiger partial charge in [0.15, 0.2) is 0 Å². The van der Waals surface area contributed by atoms with Crippen molar-refractivity contribution in [2.45, 2.75) is 59.6 Å². The van der Waals surface area contributed by atoms with Crippen molar-refractivity contribution in [3.63, 3.8) is 0 Å². The van der Waals surface area contributed by atoms with E-state index in [1.807, 2.05) is 39.8 Å². The van der Waals surface area contributed by atoms with Crippen LogP contribution in [0.3, 0.4) is 0 Å². The number of urea groups is 1. The summed E-state index contributed by atoms with van der Waals surface area (Å²) in [6.45, 7) is 12.0. The molecule has 0 radical (unpaired) electrons. The second-order valence-electron chi connectivity index (χ2n) is 8.73. The van der Waals surface area contributed by atoms with E-state index >= 15 is 0 Å². The number of allylic oxidation sites excluding steroid dienone is 1. The van der Waals surface area contributed by atoms with Crippen LogP contribution in [0.5, 0.6) is 0 Å². The fourth-order valence-electron chi connectivity index (χ4n) is 3.94. The summed E-state index contributed by atoms with van der Waals surface area (Å²) in [5.74, 6) is 0.382. The summed E-state index contributed by atoms with van der Waals surface area (Å²) in [5, 5.41) is 5.71. The van der Waals surface area contributed by atoms with Crippen molar-refractivity contribution in [1.82, 2.24) is 10.6 Å². The molecule has 2 amide bonds. The van der Waals surface area contributed by atoms with Crippen molar-refractivity contribution in [2.24, 2.45) is 11.8 Å². The van der Waals surface area contributed by atoms with Crippen molar-refractivity contribution < 1.29 is 14.3 Å². The molecule has 3 rings (SSSR count). The zero-order valence-corrected chi connectivity index (χ0v) is 18.1. The van der Waals surface area contributed by atoms with Gasteiger partial charge in [0.25, 0.3) is 0 Å². The Balaban J connectivity index is 1.90. The Bertz CT molecular complexity index is 775. The molecule has 29 heavy (non-hydrogen) atoms. The zero-order chi connectivity index (χ0) is 21.1. The number of esters is 1. The fourth-order valence-corrected chi connectivity index (χ4v) is 3.94. The predicted molar refractivity (Wildman–Crippen MR) is 115 cm³/mol. The van der Waals surface area contributed by atoms with Gasteiger partial charge in [-0.1, -0.05) is 32.9 Å². The molecular weight excluding hydrogens is 366 g/mol. The highest BCUT2D eigenvalue weighted by Crippen LogP contribution is 2.32. The van der Waals surface area contributed by atoms with Gasteiger partial charge < -0.3 is 20.3 Å². The summed E-state index contributed by atoms with van der Waals surface area (Å²) in [4.78, 5) is 27.6. The molecule has 1 aromatic rings. The minimum Gasteiger partial charge on any atom is -0.459 e. The molecule has 0 aromatic heterocycles. The lowest BCUT2D eigenvalue weighted by Gasteiger charge is -2.33. The van der Waals surface area contributed by atoms with Crippen LogP contribution in [0.2, 0.25) is 0 Å². The lowest BCUT2D eigenvalue weighted by molar-refractivity contribution is -0.143. The predicted octanol–water partition coefficient (Wildman–Crippen LogP) is 4.14. The van der Waals surface area contributed by atoms with E-state index in [1.54, 1.807) is 0 Å². The first-order valence-electron chi connectivity index (χ1n) is 10.6. The van der Waals surface area contributed by atoms with Gasteiger partial charge in [-0.3, -0.25) is 0 Å². The quantitative estimate of drug-likeness (QED) is 0.730. The van der Waals surface area contributed by atoms with Crippen LogP contribution < -0.4 is 15.5 Å². The number of amides is 2. The van der Waals surface area contributed by atoms with E-state index in [0.717, 1.165) is 24.6 Å². The van der Waals surface area contributed by atoms with E-state index in [0.29, 0.717) is 11.3 Å². The van der Waals surface area contributed by atoms with Crippen molar-refractivity contribution in [3.8, 4) is 0 Å². The second-order valence-corrected chi connectivity index (χ2v) is 8.73. The third-order valence-corrected chi connectivity index (χ3v) is 5.62. The Kier molecular flexibility index (Phi) is 6.50. The van der Waals surface area contributed by atoms with E-state index in [-0.39, 0.29) is 18.1 Å². The molecule has 1 unspecified atom stereocenters. The molecule has 2 aliphatic heterocycles. The summed E-state index contributed by atoms with van der Waals surface area (Å²) >= 11 is 0. The van der Waals surface area contributed by atoms with Gasteiger partial charge in [0, 0.05) is 24.5 Å². The lowest BCUT2D eigenvalue weighted by Crippen LogP contribution is -2.47. The normalized spacial score (nSPS) is 20.7. The van der Waals surface area contributed by atoms with Gasteiger partial charge in [0.05, 0.1) is 17.7 Å². The van der Waals surface area contributed by atoms with E-state index in [1.165, 1.54) is 18.5 Å². The molecule has 6 heteroatoms. The van der Waals surface area contributed by atoms with Gasteiger partial charge in [-0.2, -0.15) is 0 Å². The number of carbonyl (C=O) groups is 2. The number of piperidine rings is 1. The topological polar surface area (TPSA) is 70.7 Å². The highest BCUT2D eigenvalue weighted by atomic mass is 16.5. The lowest BCUT2D eigenvalue weighted by atomic mass is 9.91. The van der Waals surface area contributed by atoms with E-state index < -0.39 is 12.0 Å². The third kappa shape index (κ3) is 4.92. The van der Waals surface area contributed by atoms with Crippen LogP contribution >= 0.6 is 0 Å². The van der Waals surface area contributed by atoms with Gasteiger partial charge in [0.2, 0.25) is 0 Å². The van der Waals surface area contributed by atoms with Crippen LogP contribution in [0.25, 0.3) is 0 Å². The second kappa shape index (κ2) is 8.89. The minimum absolute atomic E-state index is 0.00660. The zero-order valence-electron chi connectivity index (χ0n) is 18.1. The van der Waals surface area contributed by atoms with Crippen LogP contribution in [0, 0.1) is 11.8 Å². The number of benzene rings is 1. The van der Waals surface area contributed by atoms with Crippen LogP contribution in [0.1, 0.15) is 59.1 Å². The standard InChI is InChI=1S/C23H33N3O3/c1-14(2)20-19(22(27)29-15(3)4)21(25-23(28)24-20)17-6-8-18(9-7-17)26-12-10-16(5)11-13-26/h6-9,14-16,21H,10-13H2,1-5H3,(H2,24,25,28). The first-order chi connectivity index (χ1) is 13.8. The molecular formula is C23H33N3O3. The highest BCUT2D eigenvalue weighted by molar-refractivity contribution is 5.95. The number of carbonyl (C=O) groups excluding carboxylic acids is 2. The summed E-state index contributed by atoms with van der Waals surface area (Å²) in [6.07, 6.45) is 2.18. The van der Waals surface area contributed by atoms with Crippen LogP contribution in [-0.2, 0) is 9.53 Å². The number of rotatable bonds is 5. The molecule has 2 N–H and O–H groups in total. The number of ether oxygens (including phenoxy) is 1. The van der Waals surface area contributed by atoms with Crippen molar-refractivity contribution >= 4 is 17.7 Å². The molecule has 2 aliphatic rings. The fraction of sp³-hybridized carbons (Fsp3) is 0.565. The molecule has 0 bridgehead atoms. The number of anilines is 1. The van der Waals surface area contributed by atoms with Gasteiger partial charge in [0.1, 0.15) is 0 Å². The maximum atomic E-state index is 12.9. The number of nitrogens with one attached hydrogen (secondary N) is 2. The average molecular weight is 400 g/mol.